The second kappa shape index (κ2) is 7.16. The van der Waals surface area contributed by atoms with Crippen LogP contribution in [-0.2, 0) is 13.1 Å². The minimum atomic E-state index is 0.546. The highest BCUT2D eigenvalue weighted by atomic mass is 16.5. The summed E-state index contributed by atoms with van der Waals surface area (Å²) in [7, 11) is 0. The minimum absolute atomic E-state index is 0.546. The molecule has 0 saturated heterocycles. The van der Waals surface area contributed by atoms with Crippen LogP contribution in [0.5, 0.6) is 5.75 Å². The highest BCUT2D eigenvalue weighted by Gasteiger charge is 2.03. The molecule has 0 aliphatic rings. The first kappa shape index (κ1) is 15.4. The molecule has 1 aromatic heterocycles. The highest BCUT2D eigenvalue weighted by Crippen LogP contribution is 2.16. The van der Waals surface area contributed by atoms with Gasteiger partial charge in [-0.1, -0.05) is 26.0 Å². The predicted molar refractivity (Wildman–Crippen MR) is 86.7 cm³/mol. The smallest absolute Gasteiger partial charge is 0.119 e. The molecule has 1 aromatic carbocycles. The molecule has 2 rings (SSSR count). The fraction of sp³-hybridized carbons (Fsp3) is 0.471. The van der Waals surface area contributed by atoms with Crippen LogP contribution in [0.15, 0.2) is 30.5 Å². The minimum Gasteiger partial charge on any atom is -0.493 e. The van der Waals surface area contributed by atoms with Crippen molar-refractivity contribution in [2.45, 2.75) is 40.8 Å². The summed E-state index contributed by atoms with van der Waals surface area (Å²) in [5, 5.41) is 7.86. The fourth-order valence-electron chi connectivity index (χ4n) is 2.02. The van der Waals surface area contributed by atoms with Crippen molar-refractivity contribution in [2.24, 2.45) is 5.92 Å². The van der Waals surface area contributed by atoms with Crippen molar-refractivity contribution in [1.82, 2.24) is 9.78 Å². The number of nitrogens with one attached hydrogen (secondary N) is 1. The molecular formula is C17H25N3O. The van der Waals surface area contributed by atoms with Crippen LogP contribution in [0.2, 0.25) is 0 Å². The Labute approximate surface area is 127 Å². The summed E-state index contributed by atoms with van der Waals surface area (Å²) >= 11 is 0. The second-order valence-electron chi connectivity index (χ2n) is 5.69. The number of hydrogen-bond acceptors (Lipinski definition) is 3. The number of benzene rings is 1. The second-order valence-corrected chi connectivity index (χ2v) is 5.69. The van der Waals surface area contributed by atoms with Crippen molar-refractivity contribution in [3.05, 3.63) is 41.7 Å². The van der Waals surface area contributed by atoms with Gasteiger partial charge in [-0.3, -0.25) is 4.68 Å². The number of anilines is 1. The summed E-state index contributed by atoms with van der Waals surface area (Å²) in [6.45, 7) is 10.9. The number of rotatable bonds is 7. The van der Waals surface area contributed by atoms with E-state index in [9.17, 15) is 0 Å². The molecule has 0 spiro atoms. The standard InChI is InChI=1S/C17H25N3O/c1-5-20-11-17(14(4)19-20)18-10-15-6-8-16(9-7-15)21-12-13(2)3/h6-9,11,13,18H,5,10,12H2,1-4H3. The molecule has 4 nitrogen and oxygen atoms in total. The number of aryl methyl sites for hydroxylation is 2. The van der Waals surface area contributed by atoms with Gasteiger partial charge in [0.2, 0.25) is 0 Å². The molecule has 0 aliphatic heterocycles. The number of ether oxygens (including phenoxy) is 1. The molecule has 0 amide bonds. The van der Waals surface area contributed by atoms with Crippen LogP contribution in [0.3, 0.4) is 0 Å². The Bertz CT molecular complexity index is 558. The molecule has 0 atom stereocenters. The Balaban J connectivity index is 1.89. The molecule has 1 heterocycles. The third-order valence-corrected chi connectivity index (χ3v) is 3.26. The summed E-state index contributed by atoms with van der Waals surface area (Å²) in [6.07, 6.45) is 2.05. The van der Waals surface area contributed by atoms with E-state index in [1.54, 1.807) is 0 Å². The van der Waals surface area contributed by atoms with Gasteiger partial charge in [-0.25, -0.2) is 0 Å². The van der Waals surface area contributed by atoms with E-state index in [4.69, 9.17) is 4.74 Å². The van der Waals surface area contributed by atoms with Crippen molar-refractivity contribution < 1.29 is 4.74 Å². The largest absolute Gasteiger partial charge is 0.493 e. The van der Waals surface area contributed by atoms with Crippen molar-refractivity contribution in [2.75, 3.05) is 11.9 Å². The molecule has 0 fully saturated rings. The van der Waals surface area contributed by atoms with Gasteiger partial charge >= 0.3 is 0 Å². The first-order valence-corrected chi connectivity index (χ1v) is 7.58. The zero-order valence-electron chi connectivity index (χ0n) is 13.4. The zero-order chi connectivity index (χ0) is 15.2. The molecule has 114 valence electrons. The monoisotopic (exact) mass is 287 g/mol. The molecule has 0 bridgehead atoms. The lowest BCUT2D eigenvalue weighted by atomic mass is 10.2. The maximum atomic E-state index is 5.69. The van der Waals surface area contributed by atoms with Crippen LogP contribution >= 0.6 is 0 Å². The predicted octanol–water partition coefficient (Wildman–Crippen LogP) is 3.86. The van der Waals surface area contributed by atoms with Gasteiger partial charge in [0, 0.05) is 19.3 Å². The molecule has 0 saturated carbocycles. The normalized spacial score (nSPS) is 10.9. The third-order valence-electron chi connectivity index (χ3n) is 3.26. The summed E-state index contributed by atoms with van der Waals surface area (Å²) in [5.41, 5.74) is 3.36. The fourth-order valence-corrected chi connectivity index (χ4v) is 2.02. The Morgan fingerprint density at radius 2 is 1.95 bits per heavy atom. The van der Waals surface area contributed by atoms with Gasteiger partial charge in [0.25, 0.3) is 0 Å². The Kier molecular flexibility index (Phi) is 5.26. The van der Waals surface area contributed by atoms with Crippen molar-refractivity contribution >= 4 is 5.69 Å². The highest BCUT2D eigenvalue weighted by molar-refractivity contribution is 5.46. The molecule has 21 heavy (non-hydrogen) atoms. The van der Waals surface area contributed by atoms with Crippen molar-refractivity contribution in [1.29, 1.82) is 0 Å². The molecular weight excluding hydrogens is 262 g/mol. The maximum absolute atomic E-state index is 5.69. The van der Waals surface area contributed by atoms with Crippen LogP contribution in [0.4, 0.5) is 5.69 Å². The van der Waals surface area contributed by atoms with E-state index in [2.05, 4.69) is 49.5 Å². The number of nitrogens with zero attached hydrogens (tertiary/aromatic N) is 2. The van der Waals surface area contributed by atoms with Crippen molar-refractivity contribution in [3.63, 3.8) is 0 Å². The summed E-state index contributed by atoms with van der Waals surface area (Å²) in [4.78, 5) is 0. The van der Waals surface area contributed by atoms with E-state index in [-0.39, 0.29) is 0 Å². The lowest BCUT2D eigenvalue weighted by molar-refractivity contribution is 0.271. The number of hydrogen-bond donors (Lipinski definition) is 1. The summed E-state index contributed by atoms with van der Waals surface area (Å²) < 4.78 is 7.63. The average molecular weight is 287 g/mol. The maximum Gasteiger partial charge on any atom is 0.119 e. The topological polar surface area (TPSA) is 39.1 Å². The summed E-state index contributed by atoms with van der Waals surface area (Å²) in [5.74, 6) is 1.48. The van der Waals surface area contributed by atoms with E-state index in [1.807, 2.05) is 23.7 Å². The molecule has 0 aliphatic carbocycles. The van der Waals surface area contributed by atoms with Crippen molar-refractivity contribution in [3.8, 4) is 5.75 Å². The van der Waals surface area contributed by atoms with Gasteiger partial charge in [-0.05, 0) is 37.5 Å². The lowest BCUT2D eigenvalue weighted by Gasteiger charge is -2.10. The molecule has 0 unspecified atom stereocenters. The van der Waals surface area contributed by atoms with E-state index >= 15 is 0 Å². The summed E-state index contributed by atoms with van der Waals surface area (Å²) in [6, 6.07) is 8.26. The number of aromatic nitrogens is 2. The van der Waals surface area contributed by atoms with Gasteiger partial charge in [-0.2, -0.15) is 5.10 Å². The molecule has 4 heteroatoms. The van der Waals surface area contributed by atoms with Crippen LogP contribution in [0, 0.1) is 12.8 Å². The quantitative estimate of drug-likeness (QED) is 0.840. The van der Waals surface area contributed by atoms with Crippen LogP contribution in [0.25, 0.3) is 0 Å². The van der Waals surface area contributed by atoms with Gasteiger partial charge in [0.05, 0.1) is 18.0 Å². The lowest BCUT2D eigenvalue weighted by Crippen LogP contribution is -2.04. The van der Waals surface area contributed by atoms with Crippen LogP contribution in [0.1, 0.15) is 32.0 Å². The average Bonchev–Trinajstić information content (AvgIpc) is 2.84. The molecule has 0 radical (unpaired) electrons. The SMILES string of the molecule is CCn1cc(NCc2ccc(OCC(C)C)cc2)c(C)n1. The van der Waals surface area contributed by atoms with E-state index in [0.717, 1.165) is 36.8 Å². The van der Waals surface area contributed by atoms with E-state index in [1.165, 1.54) is 5.56 Å². The van der Waals surface area contributed by atoms with Gasteiger partial charge in [0.1, 0.15) is 5.75 Å². The van der Waals surface area contributed by atoms with Crippen LogP contribution < -0.4 is 10.1 Å². The Hall–Kier alpha value is -1.97. The first-order valence-electron chi connectivity index (χ1n) is 7.58. The third kappa shape index (κ3) is 4.52. The first-order chi connectivity index (χ1) is 10.1. The Morgan fingerprint density at radius 3 is 2.52 bits per heavy atom. The van der Waals surface area contributed by atoms with E-state index in [0.29, 0.717) is 5.92 Å². The van der Waals surface area contributed by atoms with Gasteiger partial charge in [-0.15, -0.1) is 0 Å². The molecule has 2 aromatic rings. The molecule has 1 N–H and O–H groups in total. The van der Waals surface area contributed by atoms with Gasteiger partial charge in [0.15, 0.2) is 0 Å². The van der Waals surface area contributed by atoms with Gasteiger partial charge < -0.3 is 10.1 Å². The Morgan fingerprint density at radius 1 is 1.24 bits per heavy atom. The van der Waals surface area contributed by atoms with Crippen LogP contribution in [-0.4, -0.2) is 16.4 Å². The zero-order valence-corrected chi connectivity index (χ0v) is 13.4. The van der Waals surface area contributed by atoms with E-state index < -0.39 is 0 Å².